The molecule has 0 radical (unpaired) electrons. The van der Waals surface area contributed by atoms with Crippen LogP contribution in [0.3, 0.4) is 0 Å². The van der Waals surface area contributed by atoms with Gasteiger partial charge in [-0.2, -0.15) is 4.74 Å². The normalized spacial score (nSPS) is 11.2. The van der Waals surface area contributed by atoms with Crippen LogP contribution < -0.4 is 0 Å². The number of carbonyl (C=O) groups excluding carboxylic acids is 1. The molecule has 0 heterocycles. The lowest BCUT2D eigenvalue weighted by Gasteiger charge is -2.05. The van der Waals surface area contributed by atoms with Crippen LogP contribution in [0.25, 0.3) is 0 Å². The van der Waals surface area contributed by atoms with Crippen molar-refractivity contribution in [1.82, 2.24) is 0 Å². The fourth-order valence-corrected chi connectivity index (χ4v) is 1.79. The van der Waals surface area contributed by atoms with E-state index in [1.807, 2.05) is 6.07 Å². The van der Waals surface area contributed by atoms with Crippen LogP contribution in [0.1, 0.15) is 15.9 Å². The summed E-state index contributed by atoms with van der Waals surface area (Å²) >= 11 is 0. The number of nitrogens with zero attached hydrogens (tertiary/aromatic N) is 1. The maximum Gasteiger partial charge on any atom is 0.338 e. The Bertz CT molecular complexity index is 635. The number of para-hydroxylation sites is 1. The Morgan fingerprint density at radius 2 is 1.77 bits per heavy atom. The second-order valence-electron chi connectivity index (χ2n) is 4.54. The molecule has 5 nitrogen and oxygen atoms in total. The molecule has 0 aliphatic heterocycles. The zero-order valence-electron chi connectivity index (χ0n) is 12.3. The van der Waals surface area contributed by atoms with Crippen molar-refractivity contribution in [1.29, 1.82) is 0 Å². The molecule has 0 unspecified atom stereocenters. The predicted molar refractivity (Wildman–Crippen MR) is 83.5 cm³/mol. The minimum absolute atomic E-state index is 0.214. The van der Waals surface area contributed by atoms with E-state index in [1.54, 1.807) is 55.6 Å². The zero-order valence-corrected chi connectivity index (χ0v) is 12.3. The number of esters is 1. The van der Waals surface area contributed by atoms with E-state index >= 15 is 0 Å². The first-order valence-corrected chi connectivity index (χ1v) is 6.83. The Labute approximate surface area is 129 Å². The predicted octanol–water partition coefficient (Wildman–Crippen LogP) is 2.75. The van der Waals surface area contributed by atoms with Crippen molar-refractivity contribution in [3.63, 3.8) is 0 Å². The zero-order chi connectivity index (χ0) is 15.8. The van der Waals surface area contributed by atoms with Crippen LogP contribution in [0.2, 0.25) is 0 Å². The highest BCUT2D eigenvalue weighted by Gasteiger charge is 2.07. The molecule has 0 fully saturated rings. The van der Waals surface area contributed by atoms with Crippen LogP contribution in [0.5, 0.6) is 0 Å². The van der Waals surface area contributed by atoms with Crippen LogP contribution in [0.15, 0.2) is 54.6 Å². The van der Waals surface area contributed by atoms with E-state index in [9.17, 15) is 10.0 Å². The number of hydrogen-bond donors (Lipinski definition) is 0. The Balaban J connectivity index is 2.04. The Morgan fingerprint density at radius 1 is 1.09 bits per heavy atom. The van der Waals surface area contributed by atoms with Crippen molar-refractivity contribution in [3.8, 4) is 0 Å². The summed E-state index contributed by atoms with van der Waals surface area (Å²) < 4.78 is 10.6. The van der Waals surface area contributed by atoms with Crippen LogP contribution in [-0.2, 0) is 9.47 Å². The highest BCUT2D eigenvalue weighted by molar-refractivity contribution is 5.90. The molecule has 0 amide bonds. The molecule has 0 atom stereocenters. The molecule has 2 aromatic rings. The van der Waals surface area contributed by atoms with Gasteiger partial charge in [0.05, 0.1) is 12.2 Å². The first-order valence-electron chi connectivity index (χ1n) is 6.83. The molecule has 5 heteroatoms. The van der Waals surface area contributed by atoms with Gasteiger partial charge in [-0.05, 0) is 24.3 Å². The van der Waals surface area contributed by atoms with Gasteiger partial charge in [-0.25, -0.2) is 4.79 Å². The molecule has 114 valence electrons. The van der Waals surface area contributed by atoms with Gasteiger partial charge in [-0.15, -0.1) is 0 Å². The fraction of sp³-hybridized carbons (Fsp3) is 0.176. The van der Waals surface area contributed by atoms with Gasteiger partial charge in [0.1, 0.15) is 6.61 Å². The Hall–Kier alpha value is -2.66. The number of carbonyl (C=O) groups is 1. The summed E-state index contributed by atoms with van der Waals surface area (Å²) in [6.45, 7) is 0.575. The lowest BCUT2D eigenvalue weighted by atomic mass is 10.1. The lowest BCUT2D eigenvalue weighted by molar-refractivity contribution is -0.354. The third-order valence-electron chi connectivity index (χ3n) is 2.94. The summed E-state index contributed by atoms with van der Waals surface area (Å²) in [6, 6.07) is 15.5. The summed E-state index contributed by atoms with van der Waals surface area (Å²) in [5.74, 6) is -0.411. The van der Waals surface area contributed by atoms with Gasteiger partial charge in [0.25, 0.3) is 0 Å². The molecule has 0 saturated carbocycles. The number of hydrogen-bond acceptors (Lipinski definition) is 4. The summed E-state index contributed by atoms with van der Waals surface area (Å²) in [6.07, 6.45) is 1.45. The molecule has 0 spiro atoms. The molecule has 0 N–H and O–H groups in total. The largest absolute Gasteiger partial charge is 0.618 e. The quantitative estimate of drug-likeness (QED) is 0.205. The van der Waals surface area contributed by atoms with Crippen LogP contribution in [0, 0.1) is 5.21 Å². The number of benzene rings is 2. The van der Waals surface area contributed by atoms with Gasteiger partial charge >= 0.3 is 5.97 Å². The molecule has 0 saturated heterocycles. The standard InChI is InChI=1S/C17H17NO4/c1-21-11-12-22-17(19)15-9-7-14(8-10-15)13-18(20)16-5-3-2-4-6-16/h2-10,13H,11-12H2,1H3/b18-13-. The first kappa shape index (κ1) is 15.7. The van der Waals surface area contributed by atoms with Crippen molar-refractivity contribution in [3.05, 3.63) is 70.9 Å². The van der Waals surface area contributed by atoms with Crippen molar-refractivity contribution in [2.24, 2.45) is 0 Å². The summed E-state index contributed by atoms with van der Waals surface area (Å²) in [7, 11) is 1.54. The molecule has 22 heavy (non-hydrogen) atoms. The molecule has 0 aliphatic rings. The SMILES string of the molecule is COCCOC(=O)c1ccc(/C=[N+](\[O-])c2ccccc2)cc1. The third kappa shape index (κ3) is 4.43. The fourth-order valence-electron chi connectivity index (χ4n) is 1.79. The third-order valence-corrected chi connectivity index (χ3v) is 2.94. The molecule has 0 bridgehead atoms. The van der Waals surface area contributed by atoms with E-state index in [0.717, 1.165) is 4.74 Å². The smallest absolute Gasteiger partial charge is 0.338 e. The minimum Gasteiger partial charge on any atom is -0.618 e. The van der Waals surface area contributed by atoms with Gasteiger partial charge in [0.2, 0.25) is 5.69 Å². The summed E-state index contributed by atoms with van der Waals surface area (Å²) in [4.78, 5) is 11.7. The van der Waals surface area contributed by atoms with Gasteiger partial charge in [-0.3, -0.25) is 0 Å². The lowest BCUT2D eigenvalue weighted by Crippen LogP contribution is -2.10. The van der Waals surface area contributed by atoms with Gasteiger partial charge in [-0.1, -0.05) is 18.2 Å². The highest BCUT2D eigenvalue weighted by atomic mass is 16.6. The van der Waals surface area contributed by atoms with Gasteiger partial charge < -0.3 is 14.7 Å². The van der Waals surface area contributed by atoms with Crippen molar-refractivity contribution in [2.75, 3.05) is 20.3 Å². The molecule has 2 aromatic carbocycles. The number of methoxy groups -OCH3 is 1. The van der Waals surface area contributed by atoms with E-state index in [0.29, 0.717) is 23.4 Å². The van der Waals surface area contributed by atoms with Crippen LogP contribution in [-0.4, -0.2) is 37.2 Å². The van der Waals surface area contributed by atoms with Gasteiger partial charge in [0.15, 0.2) is 6.21 Å². The number of ether oxygens (including phenoxy) is 2. The highest BCUT2D eigenvalue weighted by Crippen LogP contribution is 2.10. The molecular formula is C17H17NO4. The average molecular weight is 299 g/mol. The monoisotopic (exact) mass is 299 g/mol. The first-order chi connectivity index (χ1) is 10.7. The van der Waals surface area contributed by atoms with E-state index < -0.39 is 5.97 Å². The maximum atomic E-state index is 12.0. The summed E-state index contributed by atoms with van der Waals surface area (Å²) in [5, 5.41) is 12.0. The minimum atomic E-state index is -0.411. The van der Waals surface area contributed by atoms with Crippen LogP contribution in [0.4, 0.5) is 5.69 Å². The molecular weight excluding hydrogens is 282 g/mol. The second kappa shape index (κ2) is 7.95. The van der Waals surface area contributed by atoms with E-state index in [-0.39, 0.29) is 6.61 Å². The molecule has 0 aliphatic carbocycles. The number of rotatable bonds is 6. The second-order valence-corrected chi connectivity index (χ2v) is 4.54. The van der Waals surface area contributed by atoms with Crippen LogP contribution >= 0.6 is 0 Å². The average Bonchev–Trinajstić information content (AvgIpc) is 2.56. The topological polar surface area (TPSA) is 61.6 Å². The van der Waals surface area contributed by atoms with Crippen molar-refractivity contribution in [2.45, 2.75) is 0 Å². The van der Waals surface area contributed by atoms with Gasteiger partial charge in [0, 0.05) is 24.8 Å². The Kier molecular flexibility index (Phi) is 5.68. The van der Waals surface area contributed by atoms with E-state index in [2.05, 4.69) is 0 Å². The van der Waals surface area contributed by atoms with E-state index in [4.69, 9.17) is 9.47 Å². The van der Waals surface area contributed by atoms with E-state index in [1.165, 1.54) is 6.21 Å². The molecule has 0 aromatic heterocycles. The molecule has 2 rings (SSSR count). The maximum absolute atomic E-state index is 12.0. The van der Waals surface area contributed by atoms with Crippen molar-refractivity contribution >= 4 is 17.9 Å². The Morgan fingerprint density at radius 3 is 2.41 bits per heavy atom. The van der Waals surface area contributed by atoms with Crippen molar-refractivity contribution < 1.29 is 19.0 Å². The summed E-state index contributed by atoms with van der Waals surface area (Å²) in [5.41, 5.74) is 1.68.